The van der Waals surface area contributed by atoms with Crippen molar-refractivity contribution < 1.29 is 76.7 Å². The van der Waals surface area contributed by atoms with E-state index in [9.17, 15) is 14.4 Å². The zero-order valence-electron chi connectivity index (χ0n) is 29.3. The van der Waals surface area contributed by atoms with Gasteiger partial charge in [0.2, 0.25) is 35.1 Å². The molecule has 3 N–H and O–H groups in total. The number of aromatic carboxylic acids is 1. The van der Waals surface area contributed by atoms with Gasteiger partial charge < -0.3 is 43.5 Å². The molecular weight excluding hydrogens is 752 g/mol. The summed E-state index contributed by atoms with van der Waals surface area (Å²) in [5.74, 6) is 1.27. The number of carbonyl (C=O) groups excluding carboxylic acids is 2. The number of carboxylic acids is 1. The first-order valence-electron chi connectivity index (χ1n) is 15.0. The Hall–Kier alpha value is -4.59. The molecule has 1 unspecified atom stereocenters. The average Bonchev–Trinajstić information content (AvgIpc) is 3.95. The SMILES string of the molecule is CCOC(=O)c1ccc(-c2noc(C)n2)s1.COC(=O)c1ccc(-c2noc(C)n2)s1.Cc1nc(-c2ccc(C(=O)O)s2)no1.OC1CCCO1.[Li+].[OH-]. The van der Waals surface area contributed by atoms with E-state index in [1.165, 1.54) is 35.8 Å². The summed E-state index contributed by atoms with van der Waals surface area (Å²) < 4.78 is 28.7. The average molecular weight is 785 g/mol. The summed E-state index contributed by atoms with van der Waals surface area (Å²) in [7, 11) is 1.35. The molecule has 7 rings (SSSR count). The molecule has 0 bridgehead atoms. The number of thiophene rings is 3. The predicted molar refractivity (Wildman–Crippen MR) is 184 cm³/mol. The molecule has 6 aromatic heterocycles. The van der Waals surface area contributed by atoms with Crippen molar-refractivity contribution in [2.24, 2.45) is 0 Å². The summed E-state index contributed by atoms with van der Waals surface area (Å²) in [6.07, 6.45) is 1.38. The van der Waals surface area contributed by atoms with Crippen LogP contribution >= 0.6 is 34.0 Å². The van der Waals surface area contributed by atoms with Gasteiger partial charge in [-0.05, 0) is 49.7 Å². The molecule has 1 aliphatic rings. The van der Waals surface area contributed by atoms with Gasteiger partial charge in [0.15, 0.2) is 6.29 Å². The number of hydrogen-bond donors (Lipinski definition) is 2. The molecule has 6 aromatic rings. The van der Waals surface area contributed by atoms with Crippen molar-refractivity contribution in [2.45, 2.75) is 46.8 Å². The van der Waals surface area contributed by atoms with Crippen molar-refractivity contribution in [1.82, 2.24) is 30.4 Å². The number of esters is 2. The van der Waals surface area contributed by atoms with Gasteiger partial charge in [0.05, 0.1) is 28.3 Å². The summed E-state index contributed by atoms with van der Waals surface area (Å²) in [5, 5.41) is 28.4. The number of ether oxygens (including phenoxy) is 3. The number of carboxylic acid groups (broad SMARTS) is 1. The Morgan fingerprint density at radius 2 is 1.17 bits per heavy atom. The first-order chi connectivity index (χ1) is 24.5. The molecule has 22 heteroatoms. The fourth-order valence-corrected chi connectivity index (χ4v) is 6.22. The zero-order chi connectivity index (χ0) is 36.9. The van der Waals surface area contributed by atoms with Crippen LogP contribution in [-0.2, 0) is 14.2 Å². The van der Waals surface area contributed by atoms with Crippen molar-refractivity contribution in [3.8, 4) is 32.1 Å². The second-order valence-electron chi connectivity index (χ2n) is 9.89. The molecule has 1 saturated heterocycles. The maximum Gasteiger partial charge on any atom is 1.00 e. The van der Waals surface area contributed by atoms with Gasteiger partial charge in [-0.15, -0.1) is 34.0 Å². The summed E-state index contributed by atoms with van der Waals surface area (Å²) in [4.78, 5) is 48.9. The van der Waals surface area contributed by atoms with Gasteiger partial charge in [-0.3, -0.25) is 0 Å². The van der Waals surface area contributed by atoms with Gasteiger partial charge in [-0.1, -0.05) is 15.5 Å². The Balaban J connectivity index is 0.000000251. The van der Waals surface area contributed by atoms with Crippen LogP contribution in [0, 0.1) is 20.8 Å². The van der Waals surface area contributed by atoms with Crippen LogP contribution in [-0.4, -0.2) is 90.6 Å². The summed E-state index contributed by atoms with van der Waals surface area (Å²) in [5.41, 5.74) is 0. The number of aliphatic hydroxyl groups excluding tert-OH is 1. The second kappa shape index (κ2) is 21.8. The molecule has 0 aromatic carbocycles. The number of aliphatic hydroxyl groups is 1. The molecule has 53 heavy (non-hydrogen) atoms. The van der Waals surface area contributed by atoms with Gasteiger partial charge in [0.25, 0.3) is 0 Å². The van der Waals surface area contributed by atoms with E-state index >= 15 is 0 Å². The number of rotatable bonds is 7. The molecule has 0 radical (unpaired) electrons. The van der Waals surface area contributed by atoms with Crippen molar-refractivity contribution in [1.29, 1.82) is 0 Å². The molecule has 7 heterocycles. The topological polar surface area (TPSA) is 266 Å². The largest absolute Gasteiger partial charge is 1.00 e. The Labute approximate surface area is 325 Å². The third kappa shape index (κ3) is 13.4. The van der Waals surface area contributed by atoms with Crippen LogP contribution in [0.2, 0.25) is 0 Å². The van der Waals surface area contributed by atoms with Crippen LogP contribution in [0.3, 0.4) is 0 Å². The van der Waals surface area contributed by atoms with Crippen LogP contribution in [0.4, 0.5) is 0 Å². The molecular formula is C31H33LiN6O12S3. The van der Waals surface area contributed by atoms with Crippen LogP contribution in [0.25, 0.3) is 32.1 Å². The first-order valence-corrected chi connectivity index (χ1v) is 17.4. The minimum atomic E-state index is -0.943. The third-order valence-corrected chi connectivity index (χ3v) is 9.23. The molecule has 0 amide bonds. The standard InChI is InChI=1S/C10H10N2O3S.C9H8N2O3S.C8H6N2O3S.C4H8O2.Li.H2O/c1-3-14-10(13)8-5-4-7(16-8)9-11-6(2)15-12-9;1-5-10-8(11-14-5)6-3-4-7(15-6)9(12)13-2;1-4-9-7(10-13-4)5-2-3-6(14-5)8(11)12;5-4-2-1-3-6-4;;/h4-5H,3H2,1-2H3;3-4H,1-2H3;2-3H,1H3,(H,11,12);4-5H,1-3H2;;1H2/q;;;;+1;/p-1. The van der Waals surface area contributed by atoms with Crippen LogP contribution in [0.5, 0.6) is 0 Å². The number of carbonyl (C=O) groups is 3. The molecule has 0 saturated carbocycles. The normalized spacial score (nSPS) is 12.7. The van der Waals surface area contributed by atoms with Gasteiger partial charge in [0.1, 0.15) is 14.6 Å². The van der Waals surface area contributed by atoms with E-state index in [4.69, 9.17) is 33.3 Å². The molecule has 0 aliphatic carbocycles. The molecule has 278 valence electrons. The molecule has 0 spiro atoms. The van der Waals surface area contributed by atoms with E-state index in [1.54, 1.807) is 58.0 Å². The van der Waals surface area contributed by atoms with E-state index < -0.39 is 12.3 Å². The van der Waals surface area contributed by atoms with E-state index in [-0.39, 0.29) is 41.2 Å². The Bertz CT molecular complexity index is 2030. The van der Waals surface area contributed by atoms with Gasteiger partial charge in [0, 0.05) is 33.8 Å². The van der Waals surface area contributed by atoms with Crippen LogP contribution < -0.4 is 18.9 Å². The van der Waals surface area contributed by atoms with Crippen molar-refractivity contribution >= 4 is 51.9 Å². The zero-order valence-corrected chi connectivity index (χ0v) is 31.7. The summed E-state index contributed by atoms with van der Waals surface area (Å²) in [6.45, 7) is 7.99. The number of methoxy groups -OCH3 is 1. The Morgan fingerprint density at radius 3 is 1.45 bits per heavy atom. The van der Waals surface area contributed by atoms with Gasteiger partial charge in [-0.25, -0.2) is 14.4 Å². The van der Waals surface area contributed by atoms with E-state index in [0.717, 1.165) is 40.5 Å². The van der Waals surface area contributed by atoms with E-state index in [1.807, 2.05) is 0 Å². The van der Waals surface area contributed by atoms with Crippen molar-refractivity contribution in [3.63, 3.8) is 0 Å². The number of aromatic nitrogens is 6. The Kier molecular flexibility index (Phi) is 18.3. The van der Waals surface area contributed by atoms with Crippen molar-refractivity contribution in [3.05, 3.63) is 68.7 Å². The quantitative estimate of drug-likeness (QED) is 0.174. The third-order valence-electron chi connectivity index (χ3n) is 6.04. The summed E-state index contributed by atoms with van der Waals surface area (Å²) in [6, 6.07) is 10.1. The summed E-state index contributed by atoms with van der Waals surface area (Å²) >= 11 is 3.68. The van der Waals surface area contributed by atoms with E-state index in [2.05, 4.69) is 35.2 Å². The minimum absolute atomic E-state index is 0. The fraction of sp³-hybridized carbons (Fsp3) is 0.323. The smallest absolute Gasteiger partial charge is 0.870 e. The number of aryl methyl sites for hydroxylation is 3. The van der Waals surface area contributed by atoms with Gasteiger partial charge >= 0.3 is 36.8 Å². The molecule has 1 aliphatic heterocycles. The van der Waals surface area contributed by atoms with Crippen LogP contribution in [0.1, 0.15) is 66.5 Å². The van der Waals surface area contributed by atoms with E-state index in [0.29, 0.717) is 56.4 Å². The molecule has 1 atom stereocenters. The monoisotopic (exact) mass is 784 g/mol. The second-order valence-corrected chi connectivity index (χ2v) is 13.1. The maximum absolute atomic E-state index is 11.4. The fourth-order valence-electron chi connectivity index (χ4n) is 3.77. The number of nitrogens with zero attached hydrogens (tertiary/aromatic N) is 6. The van der Waals surface area contributed by atoms with Crippen LogP contribution in [0.15, 0.2) is 50.0 Å². The predicted octanol–water partition coefficient (Wildman–Crippen LogP) is 2.92. The molecule has 18 nitrogen and oxygen atoms in total. The minimum Gasteiger partial charge on any atom is -0.870 e. The maximum atomic E-state index is 11.4. The van der Waals surface area contributed by atoms with Crippen molar-refractivity contribution in [2.75, 3.05) is 20.3 Å². The van der Waals surface area contributed by atoms with Gasteiger partial charge in [-0.2, -0.15) is 15.0 Å². The Morgan fingerprint density at radius 1 is 0.755 bits per heavy atom. The number of hydrogen-bond acceptors (Lipinski definition) is 20. The first kappa shape index (κ1) is 44.6. The molecule has 1 fully saturated rings.